The van der Waals surface area contributed by atoms with Crippen LogP contribution in [0.3, 0.4) is 0 Å². The van der Waals surface area contributed by atoms with Crippen LogP contribution in [0.25, 0.3) is 0 Å². The van der Waals surface area contributed by atoms with Gasteiger partial charge in [0.15, 0.2) is 0 Å². The molecule has 3 rings (SSSR count). The lowest BCUT2D eigenvalue weighted by Gasteiger charge is -2.24. The number of benzene rings is 1. The van der Waals surface area contributed by atoms with Crippen LogP contribution in [-0.4, -0.2) is 29.1 Å². The summed E-state index contributed by atoms with van der Waals surface area (Å²) in [6, 6.07) is 6.66. The number of nitrogen functional groups attached to an aromatic ring is 1. The smallest absolute Gasteiger partial charge is 0.397 e. The van der Waals surface area contributed by atoms with Crippen LogP contribution in [0.4, 0.5) is 36.3 Å². The maximum atomic E-state index is 13.3. The lowest BCUT2D eigenvalue weighted by molar-refractivity contribution is -0.137. The molecule has 1 aliphatic heterocycles. The summed E-state index contributed by atoms with van der Waals surface area (Å²) in [6.45, 7) is 1.66. The standard InChI is InChI=1S/C16H19F3N6/c17-16(18,19)11-9-22-15(23-10-4-3-7-21-8-10)25-14(11)24-13-6-2-1-5-12(13)20/h1-2,5-6,9-10,21H,3-4,7-8,20H2,(H2,22,23,24,25). The highest BCUT2D eigenvalue weighted by Gasteiger charge is 2.35. The molecular weight excluding hydrogens is 333 g/mol. The van der Waals surface area contributed by atoms with E-state index in [1.165, 1.54) is 0 Å². The van der Waals surface area contributed by atoms with Crippen LogP contribution in [0.1, 0.15) is 18.4 Å². The Balaban J connectivity index is 1.89. The zero-order valence-corrected chi connectivity index (χ0v) is 13.4. The summed E-state index contributed by atoms with van der Waals surface area (Å²) in [4.78, 5) is 7.86. The highest BCUT2D eigenvalue weighted by molar-refractivity contribution is 5.72. The first kappa shape index (κ1) is 17.3. The number of aromatic nitrogens is 2. The Bertz CT molecular complexity index is 728. The molecule has 2 aromatic rings. The molecular formula is C16H19F3N6. The van der Waals surface area contributed by atoms with Gasteiger partial charge in [0.2, 0.25) is 5.95 Å². The monoisotopic (exact) mass is 352 g/mol. The summed E-state index contributed by atoms with van der Waals surface area (Å²) in [5, 5.41) is 8.97. The van der Waals surface area contributed by atoms with E-state index >= 15 is 0 Å². The Hall–Kier alpha value is -2.55. The van der Waals surface area contributed by atoms with Crippen molar-refractivity contribution >= 4 is 23.1 Å². The van der Waals surface area contributed by atoms with E-state index in [9.17, 15) is 13.2 Å². The SMILES string of the molecule is Nc1ccccc1Nc1nc(NC2CCCNC2)ncc1C(F)(F)F. The van der Waals surface area contributed by atoms with E-state index in [1.807, 2.05) is 0 Å². The third kappa shape index (κ3) is 4.30. The van der Waals surface area contributed by atoms with Gasteiger partial charge in [0.25, 0.3) is 0 Å². The number of anilines is 4. The number of rotatable bonds is 4. The van der Waals surface area contributed by atoms with Gasteiger partial charge in [-0.2, -0.15) is 18.2 Å². The van der Waals surface area contributed by atoms with Crippen LogP contribution >= 0.6 is 0 Å². The molecule has 2 heterocycles. The van der Waals surface area contributed by atoms with Crippen LogP contribution in [0.5, 0.6) is 0 Å². The van der Waals surface area contributed by atoms with E-state index in [2.05, 4.69) is 25.9 Å². The van der Waals surface area contributed by atoms with Crippen molar-refractivity contribution in [2.24, 2.45) is 0 Å². The number of para-hydroxylation sites is 2. The number of nitrogens with zero attached hydrogens (tertiary/aromatic N) is 2. The molecule has 1 aromatic heterocycles. The highest BCUT2D eigenvalue weighted by atomic mass is 19.4. The highest BCUT2D eigenvalue weighted by Crippen LogP contribution is 2.35. The number of nitrogens with two attached hydrogens (primary N) is 1. The minimum Gasteiger partial charge on any atom is -0.397 e. The number of halogens is 3. The third-order valence-corrected chi connectivity index (χ3v) is 3.94. The zero-order valence-electron chi connectivity index (χ0n) is 13.4. The van der Waals surface area contributed by atoms with Crippen molar-refractivity contribution in [1.29, 1.82) is 0 Å². The molecule has 134 valence electrons. The lowest BCUT2D eigenvalue weighted by Crippen LogP contribution is -2.38. The molecule has 25 heavy (non-hydrogen) atoms. The summed E-state index contributed by atoms with van der Waals surface area (Å²) in [5.74, 6) is -0.176. The van der Waals surface area contributed by atoms with Gasteiger partial charge in [-0.15, -0.1) is 0 Å². The van der Waals surface area contributed by atoms with Crippen LogP contribution in [0.2, 0.25) is 0 Å². The van der Waals surface area contributed by atoms with E-state index in [-0.39, 0.29) is 17.8 Å². The zero-order chi connectivity index (χ0) is 17.9. The number of alkyl halides is 3. The third-order valence-electron chi connectivity index (χ3n) is 3.94. The fraction of sp³-hybridized carbons (Fsp3) is 0.375. The average Bonchev–Trinajstić information content (AvgIpc) is 2.57. The average molecular weight is 352 g/mol. The maximum Gasteiger partial charge on any atom is 0.421 e. The molecule has 1 unspecified atom stereocenters. The predicted molar refractivity (Wildman–Crippen MR) is 90.7 cm³/mol. The van der Waals surface area contributed by atoms with E-state index < -0.39 is 11.7 Å². The van der Waals surface area contributed by atoms with Gasteiger partial charge in [0.1, 0.15) is 11.4 Å². The molecule has 0 radical (unpaired) electrons. The maximum absolute atomic E-state index is 13.3. The van der Waals surface area contributed by atoms with Crippen molar-refractivity contribution in [2.75, 3.05) is 29.5 Å². The fourth-order valence-electron chi connectivity index (χ4n) is 2.65. The van der Waals surface area contributed by atoms with Gasteiger partial charge in [0.05, 0.1) is 11.4 Å². The van der Waals surface area contributed by atoms with E-state index in [0.29, 0.717) is 11.4 Å². The quantitative estimate of drug-likeness (QED) is 0.633. The second-order valence-corrected chi connectivity index (χ2v) is 5.85. The van der Waals surface area contributed by atoms with Crippen molar-refractivity contribution in [3.63, 3.8) is 0 Å². The number of nitrogens with one attached hydrogen (secondary N) is 3. The Labute approximate surface area is 143 Å². The van der Waals surface area contributed by atoms with Gasteiger partial charge < -0.3 is 21.7 Å². The molecule has 0 aliphatic carbocycles. The van der Waals surface area contributed by atoms with E-state index in [4.69, 9.17) is 5.73 Å². The summed E-state index contributed by atoms with van der Waals surface area (Å²) in [6.07, 6.45) is -1.89. The number of hydrogen-bond donors (Lipinski definition) is 4. The van der Waals surface area contributed by atoms with Crippen molar-refractivity contribution in [2.45, 2.75) is 25.1 Å². The normalized spacial score (nSPS) is 18.0. The lowest BCUT2D eigenvalue weighted by atomic mass is 10.1. The van der Waals surface area contributed by atoms with Crippen LogP contribution in [0, 0.1) is 0 Å². The molecule has 1 atom stereocenters. The van der Waals surface area contributed by atoms with Gasteiger partial charge in [-0.1, -0.05) is 12.1 Å². The van der Waals surface area contributed by atoms with Crippen molar-refractivity contribution in [3.8, 4) is 0 Å². The molecule has 0 saturated carbocycles. The van der Waals surface area contributed by atoms with E-state index in [0.717, 1.165) is 32.1 Å². The van der Waals surface area contributed by atoms with Gasteiger partial charge in [-0.25, -0.2) is 4.98 Å². The largest absolute Gasteiger partial charge is 0.421 e. The predicted octanol–water partition coefficient (Wildman–Crippen LogP) is 2.99. The van der Waals surface area contributed by atoms with Gasteiger partial charge in [0, 0.05) is 18.8 Å². The van der Waals surface area contributed by atoms with Crippen molar-refractivity contribution in [3.05, 3.63) is 36.0 Å². The van der Waals surface area contributed by atoms with Crippen LogP contribution in [0.15, 0.2) is 30.5 Å². The molecule has 1 fully saturated rings. The minimum absolute atomic E-state index is 0.0835. The van der Waals surface area contributed by atoms with Gasteiger partial charge in [-0.3, -0.25) is 0 Å². The topological polar surface area (TPSA) is 87.9 Å². The molecule has 9 heteroatoms. The summed E-state index contributed by atoms with van der Waals surface area (Å²) >= 11 is 0. The van der Waals surface area contributed by atoms with Gasteiger partial charge >= 0.3 is 6.18 Å². The first-order valence-corrected chi connectivity index (χ1v) is 7.96. The first-order chi connectivity index (χ1) is 11.9. The molecule has 0 spiro atoms. The number of piperidine rings is 1. The molecule has 0 amide bonds. The van der Waals surface area contributed by atoms with E-state index in [1.54, 1.807) is 24.3 Å². The summed E-state index contributed by atoms with van der Waals surface area (Å²) in [7, 11) is 0. The molecule has 6 nitrogen and oxygen atoms in total. The molecule has 1 saturated heterocycles. The Morgan fingerprint density at radius 3 is 2.72 bits per heavy atom. The van der Waals surface area contributed by atoms with Gasteiger partial charge in [-0.05, 0) is 31.5 Å². The Kier molecular flexibility index (Phi) is 4.93. The molecule has 0 bridgehead atoms. The van der Waals surface area contributed by atoms with Crippen molar-refractivity contribution in [1.82, 2.24) is 15.3 Å². The molecule has 5 N–H and O–H groups in total. The van der Waals surface area contributed by atoms with Crippen molar-refractivity contribution < 1.29 is 13.2 Å². The first-order valence-electron chi connectivity index (χ1n) is 7.96. The number of hydrogen-bond acceptors (Lipinski definition) is 6. The second-order valence-electron chi connectivity index (χ2n) is 5.85. The Morgan fingerprint density at radius 1 is 1.24 bits per heavy atom. The minimum atomic E-state index is -4.57. The molecule has 1 aliphatic rings. The summed E-state index contributed by atoms with van der Waals surface area (Å²) in [5.41, 5.74) is 5.55. The summed E-state index contributed by atoms with van der Waals surface area (Å²) < 4.78 is 39.8. The fourth-order valence-corrected chi connectivity index (χ4v) is 2.65. The Morgan fingerprint density at radius 2 is 2.04 bits per heavy atom. The van der Waals surface area contributed by atoms with Crippen LogP contribution in [-0.2, 0) is 6.18 Å². The molecule has 1 aromatic carbocycles. The van der Waals surface area contributed by atoms with Crippen LogP contribution < -0.4 is 21.7 Å². The second kappa shape index (κ2) is 7.14.